The van der Waals surface area contributed by atoms with E-state index in [0.717, 1.165) is 71.6 Å². The zero-order chi connectivity index (χ0) is 32.1. The molecule has 0 bridgehead atoms. The fourth-order valence-electron chi connectivity index (χ4n) is 6.29. The van der Waals surface area contributed by atoms with E-state index >= 15 is 0 Å². The molecule has 13 heteroatoms. The summed E-state index contributed by atoms with van der Waals surface area (Å²) in [6.45, 7) is 4.28. The molecule has 2 aliphatic heterocycles. The van der Waals surface area contributed by atoms with Gasteiger partial charge in [-0.1, -0.05) is 24.3 Å². The van der Waals surface area contributed by atoms with Crippen molar-refractivity contribution >= 4 is 34.2 Å². The minimum absolute atomic E-state index is 0.0404. The van der Waals surface area contributed by atoms with Crippen LogP contribution in [0.3, 0.4) is 0 Å². The molecule has 4 aromatic rings. The molecule has 1 amide bonds. The molecule has 1 saturated heterocycles. The molecule has 1 aromatic heterocycles. The van der Waals surface area contributed by atoms with E-state index in [1.807, 2.05) is 12.1 Å². The number of carboxylic acid groups (broad SMARTS) is 1. The van der Waals surface area contributed by atoms with Crippen LogP contribution in [0.4, 0.5) is 24.5 Å². The molecule has 2 fully saturated rings. The normalized spacial score (nSPS) is 20.8. The maximum absolute atomic E-state index is 13.2. The largest absolute Gasteiger partial charge is 0.493 e. The van der Waals surface area contributed by atoms with Gasteiger partial charge in [0.2, 0.25) is 5.91 Å². The van der Waals surface area contributed by atoms with Crippen LogP contribution in [0.25, 0.3) is 22.2 Å². The average Bonchev–Trinajstić information content (AvgIpc) is 3.55. The highest BCUT2D eigenvalue weighted by atomic mass is 19.4. The van der Waals surface area contributed by atoms with Gasteiger partial charge in [0.25, 0.3) is 0 Å². The standard InChI is InChI=1S/C30H31N5O3.C2HF3O2/c1-34-10-12-35(13-11-34)20-7-4-18(5-8-20)28-21-9-6-19(14-24(21)32-33-28)23-17-30(23)22-15-26(37-2)27(38-3)16-25(22)31-29(30)36;3-2(4,5)1(6)7/h4-9,14-16,23H,10-13,17H2,1-3H3,(H,31,36)(H,32,33);(H,6,7)/t23-,30-;/m0./s1. The third-order valence-electron chi connectivity index (χ3n) is 8.86. The molecule has 236 valence electrons. The second-order valence-electron chi connectivity index (χ2n) is 11.5. The maximum Gasteiger partial charge on any atom is 0.490 e. The van der Waals surface area contributed by atoms with Crippen molar-refractivity contribution in [2.75, 3.05) is 57.7 Å². The van der Waals surface area contributed by atoms with Gasteiger partial charge in [-0.25, -0.2) is 4.79 Å². The van der Waals surface area contributed by atoms with Crippen LogP contribution in [0.15, 0.2) is 54.6 Å². The van der Waals surface area contributed by atoms with Crippen LogP contribution in [-0.4, -0.2) is 85.7 Å². The number of rotatable bonds is 5. The number of hydrogen-bond donors (Lipinski definition) is 3. The molecule has 1 saturated carbocycles. The Hall–Kier alpha value is -4.78. The van der Waals surface area contributed by atoms with E-state index in [2.05, 4.69) is 74.8 Å². The number of fused-ring (bicyclic) bond motifs is 3. The Kier molecular flexibility index (Phi) is 7.59. The molecule has 3 heterocycles. The smallest absolute Gasteiger partial charge is 0.490 e. The van der Waals surface area contributed by atoms with Gasteiger partial charge in [0.15, 0.2) is 11.5 Å². The molecule has 1 aliphatic carbocycles. The Morgan fingerprint density at radius 3 is 2.27 bits per heavy atom. The van der Waals surface area contributed by atoms with Gasteiger partial charge in [-0.15, -0.1) is 0 Å². The number of anilines is 2. The number of amides is 1. The van der Waals surface area contributed by atoms with E-state index in [1.54, 1.807) is 14.2 Å². The number of nitrogens with zero attached hydrogens (tertiary/aromatic N) is 3. The Morgan fingerprint density at radius 1 is 1.00 bits per heavy atom. The van der Waals surface area contributed by atoms with Crippen molar-refractivity contribution in [3.8, 4) is 22.8 Å². The first-order chi connectivity index (χ1) is 21.5. The minimum Gasteiger partial charge on any atom is -0.493 e. The van der Waals surface area contributed by atoms with Crippen LogP contribution in [0.5, 0.6) is 11.5 Å². The zero-order valence-electron chi connectivity index (χ0n) is 24.9. The number of nitrogens with one attached hydrogen (secondary N) is 2. The number of benzene rings is 3. The van der Waals surface area contributed by atoms with Crippen molar-refractivity contribution in [2.24, 2.45) is 0 Å². The van der Waals surface area contributed by atoms with Gasteiger partial charge in [0, 0.05) is 60.5 Å². The quantitative estimate of drug-likeness (QED) is 0.284. The molecule has 10 nitrogen and oxygen atoms in total. The fourth-order valence-corrected chi connectivity index (χ4v) is 6.29. The number of aliphatic carboxylic acids is 1. The molecule has 45 heavy (non-hydrogen) atoms. The molecule has 3 N–H and O–H groups in total. The molecule has 0 radical (unpaired) electrons. The fraction of sp³-hybridized carbons (Fsp3) is 0.344. The van der Waals surface area contributed by atoms with Gasteiger partial charge >= 0.3 is 12.1 Å². The SMILES string of the molecule is COc1cc2c(cc1OC)[C@]1(C[C@H]1c1ccc3c(-c4ccc(N5CCN(C)CC5)cc4)n[nH]c3c1)C(=O)N2.O=C(O)C(F)(F)F. The predicted molar refractivity (Wildman–Crippen MR) is 162 cm³/mol. The topological polar surface area (TPSA) is 120 Å². The molecular formula is C32H32F3N5O5. The lowest BCUT2D eigenvalue weighted by Crippen LogP contribution is -2.44. The number of aromatic nitrogens is 2. The maximum atomic E-state index is 13.2. The first-order valence-electron chi connectivity index (χ1n) is 14.4. The van der Waals surface area contributed by atoms with Gasteiger partial charge in [0.1, 0.15) is 0 Å². The third kappa shape index (κ3) is 5.41. The van der Waals surface area contributed by atoms with E-state index < -0.39 is 17.6 Å². The number of piperazine rings is 1. The summed E-state index contributed by atoms with van der Waals surface area (Å²) in [6, 6.07) is 18.9. The summed E-state index contributed by atoms with van der Waals surface area (Å²) >= 11 is 0. The summed E-state index contributed by atoms with van der Waals surface area (Å²) in [5.41, 5.74) is 6.63. The van der Waals surface area contributed by atoms with Crippen molar-refractivity contribution in [2.45, 2.75) is 23.9 Å². The van der Waals surface area contributed by atoms with E-state index in [-0.39, 0.29) is 11.8 Å². The number of methoxy groups -OCH3 is 2. The van der Waals surface area contributed by atoms with Crippen LogP contribution in [0.1, 0.15) is 23.5 Å². The number of H-pyrrole nitrogens is 1. The summed E-state index contributed by atoms with van der Waals surface area (Å²) < 4.78 is 42.7. The number of hydrogen-bond acceptors (Lipinski definition) is 7. The lowest BCUT2D eigenvalue weighted by atomic mass is 9.91. The monoisotopic (exact) mass is 623 g/mol. The van der Waals surface area contributed by atoms with Crippen LogP contribution in [0, 0.1) is 0 Å². The number of likely N-dealkylation sites (N-methyl/N-ethyl adjacent to an activating group) is 1. The lowest BCUT2D eigenvalue weighted by molar-refractivity contribution is -0.192. The van der Waals surface area contributed by atoms with Crippen LogP contribution in [-0.2, 0) is 15.0 Å². The van der Waals surface area contributed by atoms with Crippen LogP contribution in [0.2, 0.25) is 0 Å². The number of ether oxygens (including phenoxy) is 2. The number of carboxylic acids is 1. The molecule has 0 unspecified atom stereocenters. The summed E-state index contributed by atoms with van der Waals surface area (Å²) in [5, 5.41) is 19.2. The van der Waals surface area contributed by atoms with Gasteiger partial charge in [-0.2, -0.15) is 18.3 Å². The van der Waals surface area contributed by atoms with Crippen LogP contribution >= 0.6 is 0 Å². The number of carbonyl (C=O) groups is 2. The van der Waals surface area contributed by atoms with Gasteiger partial charge in [-0.3, -0.25) is 9.89 Å². The first kappa shape index (κ1) is 30.3. The Morgan fingerprint density at radius 2 is 1.64 bits per heavy atom. The Bertz CT molecular complexity index is 1770. The summed E-state index contributed by atoms with van der Waals surface area (Å²) in [6.07, 6.45) is -4.32. The number of halogens is 3. The third-order valence-corrected chi connectivity index (χ3v) is 8.86. The molecule has 3 aliphatic rings. The predicted octanol–water partition coefficient (Wildman–Crippen LogP) is 5.01. The highest BCUT2D eigenvalue weighted by molar-refractivity contribution is 6.10. The van der Waals surface area contributed by atoms with Crippen molar-refractivity contribution < 1.29 is 37.3 Å². The number of aromatic amines is 1. The van der Waals surface area contributed by atoms with Crippen molar-refractivity contribution in [3.05, 3.63) is 65.7 Å². The second kappa shape index (κ2) is 11.3. The molecular weight excluding hydrogens is 591 g/mol. The van der Waals surface area contributed by atoms with Gasteiger partial charge < -0.3 is 29.7 Å². The highest BCUT2D eigenvalue weighted by Crippen LogP contribution is 2.66. The lowest BCUT2D eigenvalue weighted by Gasteiger charge is -2.34. The van der Waals surface area contributed by atoms with Gasteiger partial charge in [-0.05, 0) is 48.9 Å². The van der Waals surface area contributed by atoms with E-state index in [4.69, 9.17) is 19.4 Å². The molecule has 7 rings (SSSR count). The second-order valence-corrected chi connectivity index (χ2v) is 11.5. The van der Waals surface area contributed by atoms with E-state index in [1.165, 1.54) is 5.69 Å². The molecule has 2 atom stereocenters. The summed E-state index contributed by atoms with van der Waals surface area (Å²) in [4.78, 5) is 26.9. The number of carbonyl (C=O) groups excluding carboxylic acids is 1. The molecule has 1 spiro atoms. The number of alkyl halides is 3. The van der Waals surface area contributed by atoms with Crippen molar-refractivity contribution in [1.82, 2.24) is 15.1 Å². The first-order valence-corrected chi connectivity index (χ1v) is 14.4. The van der Waals surface area contributed by atoms with E-state index in [0.29, 0.717) is 11.5 Å². The van der Waals surface area contributed by atoms with Crippen LogP contribution < -0.4 is 19.7 Å². The average molecular weight is 624 g/mol. The summed E-state index contributed by atoms with van der Waals surface area (Å²) in [5.74, 6) is -1.36. The zero-order valence-corrected chi connectivity index (χ0v) is 24.9. The minimum atomic E-state index is -5.08. The van der Waals surface area contributed by atoms with Crippen molar-refractivity contribution in [1.29, 1.82) is 0 Å². The van der Waals surface area contributed by atoms with Gasteiger partial charge in [0.05, 0.1) is 30.8 Å². The van der Waals surface area contributed by atoms with E-state index in [9.17, 15) is 18.0 Å². The molecule has 3 aromatic carbocycles. The summed E-state index contributed by atoms with van der Waals surface area (Å²) in [7, 11) is 5.40. The Labute approximate surface area is 256 Å². The van der Waals surface area contributed by atoms with Crippen molar-refractivity contribution in [3.63, 3.8) is 0 Å². The Balaban J connectivity index is 0.000000460. The highest BCUT2D eigenvalue weighted by Gasteiger charge is 2.65.